The third-order valence-corrected chi connectivity index (χ3v) is 2.98. The number of hydrogen-bond acceptors (Lipinski definition) is 4. The van der Waals surface area contributed by atoms with E-state index in [0.717, 1.165) is 0 Å². The number of hydrogen-bond donors (Lipinski definition) is 0. The Morgan fingerprint density at radius 2 is 2.11 bits per heavy atom. The number of rotatable bonds is 3. The molecule has 2 aromatic heterocycles. The molecular weight excluding hydrogens is 298 g/mol. The molecule has 2 aromatic rings. The Morgan fingerprint density at radius 1 is 1.44 bits per heavy atom. The molecule has 6 nitrogen and oxygen atoms in total. The predicted molar refractivity (Wildman–Crippen MR) is 70.4 cm³/mol. The van der Waals surface area contributed by atoms with Gasteiger partial charge in [0, 0.05) is 32.2 Å². The van der Waals surface area contributed by atoms with Crippen LogP contribution in [0, 0.1) is 0 Å². The van der Waals surface area contributed by atoms with Gasteiger partial charge in [0.05, 0.1) is 4.47 Å². The van der Waals surface area contributed by atoms with E-state index < -0.39 is 0 Å². The fourth-order valence-corrected chi connectivity index (χ4v) is 1.90. The highest BCUT2D eigenvalue weighted by Gasteiger charge is 2.21. The highest BCUT2D eigenvalue weighted by Crippen LogP contribution is 2.18. The Morgan fingerprint density at radius 3 is 2.67 bits per heavy atom. The van der Waals surface area contributed by atoms with Crippen LogP contribution < -0.4 is 4.90 Å². The number of carbonyl (C=O) groups excluding carboxylic acids is 1. The molecule has 0 unspecified atom stereocenters. The Bertz CT molecular complexity index is 554. The van der Waals surface area contributed by atoms with Crippen molar-refractivity contribution in [2.24, 2.45) is 0 Å². The second kappa shape index (κ2) is 5.26. The van der Waals surface area contributed by atoms with E-state index in [1.807, 2.05) is 6.92 Å². The zero-order valence-corrected chi connectivity index (χ0v) is 11.6. The molecule has 0 bridgehead atoms. The highest BCUT2D eigenvalue weighted by molar-refractivity contribution is 9.10. The van der Waals surface area contributed by atoms with Gasteiger partial charge in [0.2, 0.25) is 5.95 Å². The van der Waals surface area contributed by atoms with Crippen molar-refractivity contribution < 1.29 is 4.79 Å². The summed E-state index contributed by atoms with van der Waals surface area (Å²) >= 11 is 3.33. The van der Waals surface area contributed by atoms with Gasteiger partial charge in [0.1, 0.15) is 0 Å². The molecule has 0 atom stereocenters. The summed E-state index contributed by atoms with van der Waals surface area (Å²) in [5.74, 6) is 0.0979. The summed E-state index contributed by atoms with van der Waals surface area (Å²) in [5.41, 5.74) is 0.354. The maximum atomic E-state index is 12.2. The van der Waals surface area contributed by atoms with Gasteiger partial charge >= 0.3 is 0 Å². The first-order chi connectivity index (χ1) is 8.63. The van der Waals surface area contributed by atoms with Gasteiger partial charge in [-0.15, -0.1) is 0 Å². The predicted octanol–water partition coefficient (Wildman–Crippen LogP) is 1.73. The van der Waals surface area contributed by atoms with Gasteiger partial charge in [0.15, 0.2) is 5.69 Å². The average molecular weight is 310 g/mol. The fourth-order valence-electron chi connectivity index (χ4n) is 1.42. The minimum atomic E-state index is -0.250. The molecule has 2 rings (SSSR count). The molecule has 1 amide bonds. The quantitative estimate of drug-likeness (QED) is 0.866. The number of aromatic nitrogens is 4. The van der Waals surface area contributed by atoms with Crippen molar-refractivity contribution in [2.45, 2.75) is 13.5 Å². The first-order valence-electron chi connectivity index (χ1n) is 5.41. The van der Waals surface area contributed by atoms with Crippen LogP contribution in [0.1, 0.15) is 17.4 Å². The van der Waals surface area contributed by atoms with Crippen molar-refractivity contribution in [3.8, 4) is 0 Å². The number of amides is 1. The fraction of sp³-hybridized carbons (Fsp3) is 0.273. The van der Waals surface area contributed by atoms with Gasteiger partial charge in [-0.2, -0.15) is 5.10 Å². The molecule has 18 heavy (non-hydrogen) atoms. The van der Waals surface area contributed by atoms with Crippen molar-refractivity contribution in [1.82, 2.24) is 19.7 Å². The zero-order valence-electron chi connectivity index (χ0n) is 10.0. The molecule has 0 fully saturated rings. The van der Waals surface area contributed by atoms with Crippen molar-refractivity contribution >= 4 is 27.8 Å². The van der Waals surface area contributed by atoms with E-state index in [9.17, 15) is 4.79 Å². The van der Waals surface area contributed by atoms with Crippen LogP contribution in [0.25, 0.3) is 0 Å². The molecule has 0 spiro atoms. The van der Waals surface area contributed by atoms with Crippen LogP contribution in [-0.2, 0) is 6.54 Å². The van der Waals surface area contributed by atoms with E-state index in [1.165, 1.54) is 4.90 Å². The topological polar surface area (TPSA) is 63.9 Å². The second-order valence-corrected chi connectivity index (χ2v) is 4.45. The highest BCUT2D eigenvalue weighted by atomic mass is 79.9. The van der Waals surface area contributed by atoms with E-state index in [4.69, 9.17) is 0 Å². The number of anilines is 1. The van der Waals surface area contributed by atoms with Crippen molar-refractivity contribution in [3.63, 3.8) is 0 Å². The normalized spacial score (nSPS) is 10.4. The SMILES string of the molecule is CCn1cc(Br)c(C(=O)N(C)c2ncccn2)n1. The summed E-state index contributed by atoms with van der Waals surface area (Å²) in [6.07, 6.45) is 4.95. The van der Waals surface area contributed by atoms with Crippen LogP contribution in [0.2, 0.25) is 0 Å². The molecule has 0 aliphatic heterocycles. The van der Waals surface area contributed by atoms with Gasteiger partial charge < -0.3 is 0 Å². The molecule has 0 radical (unpaired) electrons. The lowest BCUT2D eigenvalue weighted by Crippen LogP contribution is -2.28. The lowest BCUT2D eigenvalue weighted by Gasteiger charge is -2.13. The Hall–Kier alpha value is -1.76. The first kappa shape index (κ1) is 12.7. The van der Waals surface area contributed by atoms with E-state index in [1.54, 1.807) is 36.4 Å². The van der Waals surface area contributed by atoms with Crippen molar-refractivity contribution in [1.29, 1.82) is 0 Å². The summed E-state index contributed by atoms with van der Waals surface area (Å²) in [5, 5.41) is 4.20. The summed E-state index contributed by atoms with van der Waals surface area (Å²) < 4.78 is 2.36. The lowest BCUT2D eigenvalue weighted by atomic mass is 10.4. The van der Waals surface area contributed by atoms with Gasteiger partial charge in [-0.1, -0.05) is 0 Å². The lowest BCUT2D eigenvalue weighted by molar-refractivity contribution is 0.0985. The molecule has 2 heterocycles. The first-order valence-corrected chi connectivity index (χ1v) is 6.20. The summed E-state index contributed by atoms with van der Waals surface area (Å²) in [4.78, 5) is 21.7. The minimum Gasteiger partial charge on any atom is -0.278 e. The van der Waals surface area contributed by atoms with Gasteiger partial charge in [-0.3, -0.25) is 14.4 Å². The summed E-state index contributed by atoms with van der Waals surface area (Å²) in [7, 11) is 1.62. The number of carbonyl (C=O) groups is 1. The molecule has 0 N–H and O–H groups in total. The Balaban J connectivity index is 2.28. The molecular formula is C11H12BrN5O. The van der Waals surface area contributed by atoms with Crippen LogP contribution in [0.3, 0.4) is 0 Å². The third kappa shape index (κ3) is 2.40. The zero-order chi connectivity index (χ0) is 13.1. The van der Waals surface area contributed by atoms with Crippen molar-refractivity contribution in [3.05, 3.63) is 34.8 Å². The largest absolute Gasteiger partial charge is 0.282 e. The van der Waals surface area contributed by atoms with Crippen LogP contribution in [-0.4, -0.2) is 32.7 Å². The molecule has 0 aliphatic carbocycles. The Labute approximate surface area is 113 Å². The number of aryl methyl sites for hydroxylation is 1. The van der Waals surface area contributed by atoms with Gasteiger partial charge in [-0.05, 0) is 28.9 Å². The average Bonchev–Trinajstić information content (AvgIpc) is 2.79. The maximum Gasteiger partial charge on any atom is 0.282 e. The van der Waals surface area contributed by atoms with Crippen LogP contribution >= 0.6 is 15.9 Å². The molecule has 0 aliphatic rings. The van der Waals surface area contributed by atoms with Crippen LogP contribution in [0.5, 0.6) is 0 Å². The monoisotopic (exact) mass is 309 g/mol. The molecule has 0 saturated heterocycles. The molecule has 7 heteroatoms. The molecule has 0 aromatic carbocycles. The third-order valence-electron chi connectivity index (χ3n) is 2.40. The summed E-state index contributed by atoms with van der Waals surface area (Å²) in [6.45, 7) is 2.66. The Kier molecular flexibility index (Phi) is 3.71. The maximum absolute atomic E-state index is 12.2. The van der Waals surface area contributed by atoms with E-state index in [-0.39, 0.29) is 5.91 Å². The molecule has 0 saturated carbocycles. The minimum absolute atomic E-state index is 0.250. The van der Waals surface area contributed by atoms with E-state index in [2.05, 4.69) is 31.0 Å². The second-order valence-electron chi connectivity index (χ2n) is 3.59. The van der Waals surface area contributed by atoms with Gasteiger partial charge in [0.25, 0.3) is 5.91 Å². The van der Waals surface area contributed by atoms with E-state index in [0.29, 0.717) is 22.7 Å². The summed E-state index contributed by atoms with van der Waals surface area (Å²) in [6, 6.07) is 1.70. The van der Waals surface area contributed by atoms with Crippen LogP contribution in [0.15, 0.2) is 29.1 Å². The van der Waals surface area contributed by atoms with Crippen LogP contribution in [0.4, 0.5) is 5.95 Å². The van der Waals surface area contributed by atoms with Gasteiger partial charge in [-0.25, -0.2) is 9.97 Å². The standard InChI is InChI=1S/C11H12BrN5O/c1-3-17-7-8(12)9(15-17)10(18)16(2)11-13-5-4-6-14-11/h4-7H,3H2,1-2H3. The smallest absolute Gasteiger partial charge is 0.278 e. The van der Waals surface area contributed by atoms with E-state index >= 15 is 0 Å². The van der Waals surface area contributed by atoms with Crippen molar-refractivity contribution in [2.75, 3.05) is 11.9 Å². The number of halogens is 1. The number of nitrogens with zero attached hydrogens (tertiary/aromatic N) is 5. The molecule has 94 valence electrons.